The Morgan fingerprint density at radius 2 is 2.50 bits per heavy atom. The Kier molecular flexibility index (Phi) is 2.79. The molecule has 60 valence electrons. The highest BCUT2D eigenvalue weighted by Gasteiger charge is 2.18. The first-order valence-electron chi connectivity index (χ1n) is 3.24. The lowest BCUT2D eigenvalue weighted by Crippen LogP contribution is -2.34. The van der Waals surface area contributed by atoms with Crippen LogP contribution in [0.1, 0.15) is 6.42 Å². The second-order valence-electron chi connectivity index (χ2n) is 2.41. The summed E-state index contributed by atoms with van der Waals surface area (Å²) in [6.45, 7) is 1.71. The van der Waals surface area contributed by atoms with Gasteiger partial charge in [0, 0.05) is 23.9 Å². The van der Waals surface area contributed by atoms with Crippen LogP contribution in [-0.2, 0) is 11.3 Å². The van der Waals surface area contributed by atoms with Gasteiger partial charge in [-0.1, -0.05) is 0 Å². The topological polar surface area (TPSA) is 55.4 Å². The molecule has 1 aliphatic rings. The van der Waals surface area contributed by atoms with Crippen LogP contribution in [-0.4, -0.2) is 39.2 Å². The van der Waals surface area contributed by atoms with Crippen molar-refractivity contribution in [2.45, 2.75) is 12.5 Å². The fraction of sp³-hybridized carbons (Fsp3) is 1.00. The molecule has 1 fully saturated rings. The van der Waals surface area contributed by atoms with Crippen LogP contribution >= 0.6 is 0 Å². The SMILES string of the molecule is CN(C1CCNC1)S(=O)[O-]. The number of rotatable bonds is 2. The molecular weight excluding hydrogens is 152 g/mol. The molecule has 0 radical (unpaired) electrons. The van der Waals surface area contributed by atoms with Gasteiger partial charge in [0.25, 0.3) is 0 Å². The molecule has 0 amide bonds. The van der Waals surface area contributed by atoms with E-state index in [1.165, 1.54) is 4.31 Å². The second-order valence-corrected chi connectivity index (χ2v) is 3.42. The molecule has 0 bridgehead atoms. The summed E-state index contributed by atoms with van der Waals surface area (Å²) in [7, 11) is 1.60. The molecule has 1 saturated heterocycles. The van der Waals surface area contributed by atoms with Crippen molar-refractivity contribution in [1.29, 1.82) is 0 Å². The lowest BCUT2D eigenvalue weighted by Gasteiger charge is -2.24. The minimum Gasteiger partial charge on any atom is -0.760 e. The Morgan fingerprint density at radius 3 is 2.90 bits per heavy atom. The summed E-state index contributed by atoms with van der Waals surface area (Å²) in [4.78, 5) is 0. The Morgan fingerprint density at radius 1 is 1.80 bits per heavy atom. The molecule has 1 rings (SSSR count). The predicted molar refractivity (Wildman–Crippen MR) is 38.0 cm³/mol. The molecule has 2 atom stereocenters. The van der Waals surface area contributed by atoms with E-state index in [4.69, 9.17) is 0 Å². The monoisotopic (exact) mass is 163 g/mol. The second kappa shape index (κ2) is 3.43. The van der Waals surface area contributed by atoms with Crippen molar-refractivity contribution in [1.82, 2.24) is 9.62 Å². The summed E-state index contributed by atoms with van der Waals surface area (Å²) in [6.07, 6.45) is 0.921. The molecule has 4 nitrogen and oxygen atoms in total. The highest BCUT2D eigenvalue weighted by molar-refractivity contribution is 7.76. The van der Waals surface area contributed by atoms with Crippen LogP contribution in [0.4, 0.5) is 0 Å². The van der Waals surface area contributed by atoms with E-state index in [0.29, 0.717) is 0 Å². The number of nitrogens with one attached hydrogen (secondary N) is 1. The first-order valence-corrected chi connectivity index (χ1v) is 4.28. The normalized spacial score (nSPS) is 29.3. The van der Waals surface area contributed by atoms with Gasteiger partial charge in [-0.2, -0.15) is 0 Å². The molecule has 0 spiro atoms. The maximum Gasteiger partial charge on any atom is 0.0348 e. The molecular formula is C5H11N2O2S-. The fourth-order valence-corrected chi connectivity index (χ4v) is 1.49. The average molecular weight is 163 g/mol. The van der Waals surface area contributed by atoms with Crippen molar-refractivity contribution in [3.63, 3.8) is 0 Å². The van der Waals surface area contributed by atoms with Gasteiger partial charge in [0.1, 0.15) is 0 Å². The van der Waals surface area contributed by atoms with Gasteiger partial charge >= 0.3 is 0 Å². The predicted octanol–water partition coefficient (Wildman–Crippen LogP) is -0.926. The van der Waals surface area contributed by atoms with Crippen LogP contribution in [0, 0.1) is 0 Å². The molecule has 1 N–H and O–H groups in total. The summed E-state index contributed by atoms with van der Waals surface area (Å²) in [5, 5.41) is 3.09. The largest absolute Gasteiger partial charge is 0.760 e. The molecule has 1 heterocycles. The van der Waals surface area contributed by atoms with Gasteiger partial charge in [-0.25, -0.2) is 4.31 Å². The summed E-state index contributed by atoms with van der Waals surface area (Å²) in [5.41, 5.74) is 0. The van der Waals surface area contributed by atoms with Crippen molar-refractivity contribution in [3.8, 4) is 0 Å². The molecule has 1 aliphatic heterocycles. The average Bonchev–Trinajstić information content (AvgIpc) is 2.36. The fourth-order valence-electron chi connectivity index (χ4n) is 1.07. The molecule has 0 aromatic rings. The van der Waals surface area contributed by atoms with E-state index in [1.54, 1.807) is 7.05 Å². The molecule has 0 aromatic carbocycles. The first kappa shape index (κ1) is 8.13. The minimum absolute atomic E-state index is 0.165. The highest BCUT2D eigenvalue weighted by Crippen LogP contribution is 2.06. The van der Waals surface area contributed by atoms with Gasteiger partial charge in [-0.15, -0.1) is 0 Å². The summed E-state index contributed by atoms with van der Waals surface area (Å²) in [5.74, 6) is 0. The Labute approximate surface area is 63.0 Å². The summed E-state index contributed by atoms with van der Waals surface area (Å²) < 4.78 is 22.1. The van der Waals surface area contributed by atoms with Crippen molar-refractivity contribution in [3.05, 3.63) is 0 Å². The minimum atomic E-state index is -2.06. The quantitative estimate of drug-likeness (QED) is 0.535. The smallest absolute Gasteiger partial charge is 0.0348 e. The van der Waals surface area contributed by atoms with Gasteiger partial charge in [0.05, 0.1) is 0 Å². The lowest BCUT2D eigenvalue weighted by molar-refractivity contribution is 0.368. The van der Waals surface area contributed by atoms with Crippen molar-refractivity contribution in [2.24, 2.45) is 0 Å². The summed E-state index contributed by atoms with van der Waals surface area (Å²) in [6, 6.07) is 0.165. The molecule has 5 heteroatoms. The van der Waals surface area contributed by atoms with E-state index in [9.17, 15) is 8.76 Å². The van der Waals surface area contributed by atoms with E-state index in [-0.39, 0.29) is 6.04 Å². The molecule has 0 aromatic heterocycles. The third kappa shape index (κ3) is 1.76. The van der Waals surface area contributed by atoms with Crippen LogP contribution < -0.4 is 5.32 Å². The van der Waals surface area contributed by atoms with Crippen LogP contribution in [0.15, 0.2) is 0 Å². The number of nitrogens with zero attached hydrogens (tertiary/aromatic N) is 1. The number of hydrogen-bond donors (Lipinski definition) is 1. The maximum atomic E-state index is 10.4. The van der Waals surface area contributed by atoms with Crippen LogP contribution in [0.5, 0.6) is 0 Å². The Bertz CT molecular complexity index is 136. The number of hydrogen-bond acceptors (Lipinski definition) is 3. The molecule has 10 heavy (non-hydrogen) atoms. The zero-order valence-electron chi connectivity index (χ0n) is 5.87. The molecule has 0 aliphatic carbocycles. The molecule has 2 unspecified atom stereocenters. The van der Waals surface area contributed by atoms with Gasteiger partial charge in [0.15, 0.2) is 0 Å². The lowest BCUT2D eigenvalue weighted by atomic mass is 10.3. The van der Waals surface area contributed by atoms with E-state index in [0.717, 1.165) is 19.5 Å². The standard InChI is InChI=1S/C5H12N2O2S/c1-7(10(8)9)5-2-3-6-4-5/h5-6H,2-4H2,1H3,(H,8,9)/p-1. The zero-order chi connectivity index (χ0) is 7.56. The number of likely N-dealkylation sites (N-methyl/N-ethyl adjacent to an activating group) is 1. The summed E-state index contributed by atoms with van der Waals surface area (Å²) >= 11 is -2.06. The van der Waals surface area contributed by atoms with Gasteiger partial charge in [-0.05, 0) is 20.0 Å². The Balaban J connectivity index is 2.39. The van der Waals surface area contributed by atoms with Crippen LogP contribution in [0.3, 0.4) is 0 Å². The Hall–Kier alpha value is 0.0300. The van der Waals surface area contributed by atoms with Crippen molar-refractivity contribution in [2.75, 3.05) is 20.1 Å². The van der Waals surface area contributed by atoms with Crippen LogP contribution in [0.2, 0.25) is 0 Å². The molecule has 0 saturated carbocycles. The van der Waals surface area contributed by atoms with E-state index in [1.807, 2.05) is 0 Å². The van der Waals surface area contributed by atoms with Gasteiger partial charge in [0.2, 0.25) is 0 Å². The first-order chi connectivity index (χ1) is 4.72. The maximum absolute atomic E-state index is 10.4. The van der Waals surface area contributed by atoms with Crippen molar-refractivity contribution < 1.29 is 8.76 Å². The van der Waals surface area contributed by atoms with E-state index < -0.39 is 11.3 Å². The van der Waals surface area contributed by atoms with Crippen molar-refractivity contribution >= 4 is 11.3 Å². The van der Waals surface area contributed by atoms with Gasteiger partial charge in [-0.3, -0.25) is 4.21 Å². The third-order valence-electron chi connectivity index (χ3n) is 1.78. The zero-order valence-corrected chi connectivity index (χ0v) is 6.69. The third-order valence-corrected chi connectivity index (χ3v) is 2.55. The highest BCUT2D eigenvalue weighted by atomic mass is 32.2. The van der Waals surface area contributed by atoms with E-state index >= 15 is 0 Å². The van der Waals surface area contributed by atoms with Crippen LogP contribution in [0.25, 0.3) is 0 Å². The van der Waals surface area contributed by atoms with E-state index in [2.05, 4.69) is 5.32 Å². The van der Waals surface area contributed by atoms with Gasteiger partial charge < -0.3 is 9.87 Å².